The third-order valence-electron chi connectivity index (χ3n) is 3.60. The number of amides is 1. The predicted octanol–water partition coefficient (Wildman–Crippen LogP) is 4.69. The molecule has 4 heteroatoms. The summed E-state index contributed by atoms with van der Waals surface area (Å²) in [6.45, 7) is 8.15. The van der Waals surface area contributed by atoms with Gasteiger partial charge in [0.2, 0.25) is 5.89 Å². The van der Waals surface area contributed by atoms with Crippen molar-refractivity contribution in [3.8, 4) is 0 Å². The molecular weight excluding hydrogens is 288 g/mol. The molecular formula is C19H20N2O2. The molecule has 0 spiro atoms. The number of hydrogen-bond acceptors (Lipinski definition) is 3. The second-order valence-electron chi connectivity index (χ2n) is 6.77. The summed E-state index contributed by atoms with van der Waals surface area (Å²) in [4.78, 5) is 16.8. The fourth-order valence-corrected chi connectivity index (χ4v) is 2.23. The highest BCUT2D eigenvalue weighted by Gasteiger charge is 2.21. The summed E-state index contributed by atoms with van der Waals surface area (Å²) in [5.74, 6) is 0.554. The van der Waals surface area contributed by atoms with Crippen molar-refractivity contribution in [2.75, 3.05) is 5.32 Å². The molecule has 118 valence electrons. The number of rotatable bonds is 2. The van der Waals surface area contributed by atoms with Crippen LogP contribution < -0.4 is 5.32 Å². The predicted molar refractivity (Wildman–Crippen MR) is 91.8 cm³/mol. The molecule has 0 atom stereocenters. The Balaban J connectivity index is 1.85. The standard InChI is InChI=1S/C19H20N2O2/c1-12-5-7-13(8-6-12)17(22)20-14-9-10-16-15(11-14)21-18(23-16)19(2,3)4/h5-11H,1-4H3,(H,20,22). The molecule has 0 aliphatic heterocycles. The van der Waals surface area contributed by atoms with Crippen molar-refractivity contribution in [3.63, 3.8) is 0 Å². The van der Waals surface area contributed by atoms with Crippen LogP contribution in [0.3, 0.4) is 0 Å². The van der Waals surface area contributed by atoms with Crippen LogP contribution in [0.4, 0.5) is 5.69 Å². The molecule has 3 rings (SSSR count). The second-order valence-corrected chi connectivity index (χ2v) is 6.77. The van der Waals surface area contributed by atoms with Crippen LogP contribution in [0.25, 0.3) is 11.1 Å². The van der Waals surface area contributed by atoms with Gasteiger partial charge in [0, 0.05) is 16.7 Å². The second kappa shape index (κ2) is 5.54. The highest BCUT2D eigenvalue weighted by atomic mass is 16.3. The number of carbonyl (C=O) groups excluding carboxylic acids is 1. The number of hydrogen-bond donors (Lipinski definition) is 1. The van der Waals surface area contributed by atoms with E-state index in [2.05, 4.69) is 31.1 Å². The topological polar surface area (TPSA) is 55.1 Å². The summed E-state index contributed by atoms with van der Waals surface area (Å²) in [5.41, 5.74) is 3.79. The molecule has 2 aromatic carbocycles. The minimum absolute atomic E-state index is 0.135. The summed E-state index contributed by atoms with van der Waals surface area (Å²) < 4.78 is 5.77. The Morgan fingerprint density at radius 2 is 1.78 bits per heavy atom. The Labute approximate surface area is 135 Å². The summed E-state index contributed by atoms with van der Waals surface area (Å²) in [6, 6.07) is 13.0. The molecule has 1 heterocycles. The van der Waals surface area contributed by atoms with Gasteiger partial charge in [-0.05, 0) is 37.3 Å². The number of nitrogens with one attached hydrogen (secondary N) is 1. The zero-order valence-corrected chi connectivity index (χ0v) is 13.8. The molecule has 0 unspecified atom stereocenters. The number of nitrogens with zero attached hydrogens (tertiary/aromatic N) is 1. The van der Waals surface area contributed by atoms with E-state index < -0.39 is 0 Å². The smallest absolute Gasteiger partial charge is 0.255 e. The SMILES string of the molecule is Cc1ccc(C(=O)Nc2ccc3oc(C(C)(C)C)nc3c2)cc1. The molecule has 23 heavy (non-hydrogen) atoms. The van der Waals surface area contributed by atoms with E-state index in [4.69, 9.17) is 4.42 Å². The summed E-state index contributed by atoms with van der Waals surface area (Å²) >= 11 is 0. The number of oxazole rings is 1. The molecule has 1 aromatic heterocycles. The molecule has 1 amide bonds. The average Bonchev–Trinajstić information content (AvgIpc) is 2.91. The highest BCUT2D eigenvalue weighted by molar-refractivity contribution is 6.04. The van der Waals surface area contributed by atoms with E-state index in [1.54, 1.807) is 0 Å². The van der Waals surface area contributed by atoms with Crippen LogP contribution in [0.2, 0.25) is 0 Å². The maximum atomic E-state index is 12.3. The molecule has 0 aliphatic carbocycles. The number of aromatic nitrogens is 1. The normalized spacial score (nSPS) is 11.7. The maximum absolute atomic E-state index is 12.3. The van der Waals surface area contributed by atoms with Crippen molar-refractivity contribution in [2.45, 2.75) is 33.1 Å². The number of anilines is 1. The number of benzene rings is 2. The van der Waals surface area contributed by atoms with Gasteiger partial charge in [0.15, 0.2) is 5.58 Å². The van der Waals surface area contributed by atoms with Crippen molar-refractivity contribution in [2.24, 2.45) is 0 Å². The third kappa shape index (κ3) is 3.26. The molecule has 0 saturated carbocycles. The van der Waals surface area contributed by atoms with Crippen molar-refractivity contribution >= 4 is 22.7 Å². The van der Waals surface area contributed by atoms with Gasteiger partial charge in [-0.3, -0.25) is 4.79 Å². The lowest BCUT2D eigenvalue weighted by Gasteiger charge is -2.11. The molecule has 1 N–H and O–H groups in total. The summed E-state index contributed by atoms with van der Waals surface area (Å²) in [5, 5.41) is 2.90. The minimum atomic E-state index is -0.148. The molecule has 0 saturated heterocycles. The first-order valence-electron chi connectivity index (χ1n) is 7.62. The van der Waals surface area contributed by atoms with E-state index in [1.807, 2.05) is 49.4 Å². The first-order chi connectivity index (χ1) is 10.8. The average molecular weight is 308 g/mol. The molecule has 0 bridgehead atoms. The van der Waals surface area contributed by atoms with Crippen LogP contribution in [-0.2, 0) is 5.41 Å². The van der Waals surface area contributed by atoms with Crippen LogP contribution in [0.5, 0.6) is 0 Å². The first kappa shape index (κ1) is 15.3. The molecule has 0 aliphatic rings. The Morgan fingerprint density at radius 1 is 1.09 bits per heavy atom. The van der Waals surface area contributed by atoms with Crippen LogP contribution in [-0.4, -0.2) is 10.9 Å². The number of fused-ring (bicyclic) bond motifs is 1. The van der Waals surface area contributed by atoms with Gasteiger partial charge in [0.25, 0.3) is 5.91 Å². The largest absolute Gasteiger partial charge is 0.440 e. The maximum Gasteiger partial charge on any atom is 0.255 e. The highest BCUT2D eigenvalue weighted by Crippen LogP contribution is 2.27. The van der Waals surface area contributed by atoms with Crippen molar-refractivity contribution in [1.82, 2.24) is 4.98 Å². The van der Waals surface area contributed by atoms with Gasteiger partial charge in [-0.15, -0.1) is 0 Å². The van der Waals surface area contributed by atoms with E-state index in [9.17, 15) is 4.79 Å². The first-order valence-corrected chi connectivity index (χ1v) is 7.62. The number of carbonyl (C=O) groups is 1. The third-order valence-corrected chi connectivity index (χ3v) is 3.60. The quantitative estimate of drug-likeness (QED) is 0.747. The van der Waals surface area contributed by atoms with Crippen LogP contribution in [0.15, 0.2) is 46.9 Å². The van der Waals surface area contributed by atoms with Gasteiger partial charge in [-0.1, -0.05) is 38.5 Å². The Kier molecular flexibility index (Phi) is 3.68. The van der Waals surface area contributed by atoms with Crippen molar-refractivity contribution < 1.29 is 9.21 Å². The van der Waals surface area contributed by atoms with Gasteiger partial charge in [-0.2, -0.15) is 0 Å². The Morgan fingerprint density at radius 3 is 2.43 bits per heavy atom. The van der Waals surface area contributed by atoms with E-state index in [0.29, 0.717) is 17.1 Å². The van der Waals surface area contributed by atoms with Crippen LogP contribution >= 0.6 is 0 Å². The van der Waals surface area contributed by atoms with E-state index in [-0.39, 0.29) is 11.3 Å². The van der Waals surface area contributed by atoms with Gasteiger partial charge < -0.3 is 9.73 Å². The summed E-state index contributed by atoms with van der Waals surface area (Å²) in [7, 11) is 0. The van der Waals surface area contributed by atoms with E-state index >= 15 is 0 Å². The molecule has 3 aromatic rings. The molecule has 4 nitrogen and oxygen atoms in total. The Bertz CT molecular complexity index is 855. The van der Waals surface area contributed by atoms with Crippen molar-refractivity contribution in [1.29, 1.82) is 0 Å². The van der Waals surface area contributed by atoms with Crippen LogP contribution in [0.1, 0.15) is 42.6 Å². The number of aryl methyl sites for hydroxylation is 1. The van der Waals surface area contributed by atoms with Crippen LogP contribution in [0, 0.1) is 6.92 Å². The molecule has 0 radical (unpaired) electrons. The molecule has 0 fully saturated rings. The van der Waals surface area contributed by atoms with Crippen molar-refractivity contribution in [3.05, 3.63) is 59.5 Å². The lowest BCUT2D eigenvalue weighted by atomic mass is 9.97. The Hall–Kier alpha value is -2.62. The fraction of sp³-hybridized carbons (Fsp3) is 0.263. The van der Waals surface area contributed by atoms with E-state index in [1.165, 1.54) is 0 Å². The van der Waals surface area contributed by atoms with Gasteiger partial charge in [0.1, 0.15) is 5.52 Å². The monoisotopic (exact) mass is 308 g/mol. The fourth-order valence-electron chi connectivity index (χ4n) is 2.23. The lowest BCUT2D eigenvalue weighted by Crippen LogP contribution is -2.11. The van der Waals surface area contributed by atoms with Gasteiger partial charge in [-0.25, -0.2) is 4.98 Å². The lowest BCUT2D eigenvalue weighted by molar-refractivity contribution is 0.102. The van der Waals surface area contributed by atoms with E-state index in [0.717, 1.165) is 16.7 Å². The minimum Gasteiger partial charge on any atom is -0.440 e. The zero-order chi connectivity index (χ0) is 16.6. The summed E-state index contributed by atoms with van der Waals surface area (Å²) in [6.07, 6.45) is 0. The van der Waals surface area contributed by atoms with Gasteiger partial charge >= 0.3 is 0 Å². The van der Waals surface area contributed by atoms with Gasteiger partial charge in [0.05, 0.1) is 0 Å². The zero-order valence-electron chi connectivity index (χ0n) is 13.8.